The quantitative estimate of drug-likeness (QED) is 0.245. The first-order valence-electron chi connectivity index (χ1n) is 9.42. The van der Waals surface area contributed by atoms with E-state index in [2.05, 4.69) is 0 Å². The molecule has 0 unspecified atom stereocenters. The Morgan fingerprint density at radius 1 is 0.727 bits per heavy atom. The molecule has 33 heavy (non-hydrogen) atoms. The minimum Gasteiger partial charge on any atom is -0.480 e. The number of carbonyl (C=O) groups excluding carboxylic acids is 2. The molecule has 1 fully saturated rings. The van der Waals surface area contributed by atoms with Gasteiger partial charge in [-0.3, -0.25) is 0 Å². The van der Waals surface area contributed by atoms with Crippen LogP contribution < -0.4 is 9.47 Å². The molecule has 0 radical (unpaired) electrons. The van der Waals surface area contributed by atoms with Crippen LogP contribution in [0.25, 0.3) is 0 Å². The van der Waals surface area contributed by atoms with Crippen LogP contribution in [0.15, 0.2) is 36.4 Å². The molecular weight excluding hydrogens is 561 g/mol. The van der Waals surface area contributed by atoms with Crippen molar-refractivity contribution in [2.45, 2.75) is 4.33 Å². The molecule has 1 aliphatic rings. The third kappa shape index (κ3) is 7.35. The lowest BCUT2D eigenvalue weighted by Gasteiger charge is -2.09. The standard InChI is InChI=1S/C21H16Cl6O6/c22-11-1-3-17(15(24)5-11)30-9-19(28)32-7-13-14(21(13,26)27)8-33-20(29)10-31-18-4-2-12(23)6-16(18)25/h1-6,13-14H,7-10H2/t13-,14-/m0/s1. The van der Waals surface area contributed by atoms with E-state index in [1.165, 1.54) is 24.3 Å². The Balaban J connectivity index is 1.37. The molecule has 2 aromatic rings. The summed E-state index contributed by atoms with van der Waals surface area (Å²) in [4.78, 5) is 23.9. The molecule has 2 aromatic carbocycles. The highest BCUT2D eigenvalue weighted by molar-refractivity contribution is 6.51. The maximum atomic E-state index is 12.0. The summed E-state index contributed by atoms with van der Waals surface area (Å²) in [5.74, 6) is -1.52. The fourth-order valence-electron chi connectivity index (χ4n) is 2.82. The van der Waals surface area contributed by atoms with Gasteiger partial charge in [0.05, 0.1) is 23.3 Å². The van der Waals surface area contributed by atoms with E-state index < -0.39 is 28.1 Å². The first-order valence-corrected chi connectivity index (χ1v) is 11.7. The minimum atomic E-state index is -1.19. The fraction of sp³-hybridized carbons (Fsp3) is 0.333. The van der Waals surface area contributed by atoms with Crippen LogP contribution >= 0.6 is 69.6 Å². The van der Waals surface area contributed by atoms with E-state index in [9.17, 15) is 9.59 Å². The fourth-order valence-corrected chi connectivity index (χ4v) is 4.48. The molecule has 0 N–H and O–H groups in total. The molecule has 178 valence electrons. The Hall–Kier alpha value is -1.28. The van der Waals surface area contributed by atoms with Crippen LogP contribution in [0.5, 0.6) is 11.5 Å². The second-order valence-electron chi connectivity index (χ2n) is 6.98. The van der Waals surface area contributed by atoms with Crippen LogP contribution in [-0.4, -0.2) is 42.7 Å². The van der Waals surface area contributed by atoms with Crippen LogP contribution in [0.1, 0.15) is 0 Å². The van der Waals surface area contributed by atoms with Gasteiger partial charge in [-0.15, -0.1) is 23.2 Å². The van der Waals surface area contributed by atoms with Crippen molar-refractivity contribution in [3.05, 3.63) is 56.5 Å². The first kappa shape index (κ1) is 26.3. The van der Waals surface area contributed by atoms with Crippen molar-refractivity contribution in [1.29, 1.82) is 0 Å². The Labute approximate surface area is 219 Å². The third-order valence-electron chi connectivity index (χ3n) is 4.69. The molecule has 0 heterocycles. The highest BCUT2D eigenvalue weighted by Crippen LogP contribution is 2.59. The van der Waals surface area contributed by atoms with E-state index >= 15 is 0 Å². The normalized spacial score (nSPS) is 18.4. The van der Waals surface area contributed by atoms with E-state index in [1.807, 2.05) is 0 Å². The van der Waals surface area contributed by atoms with Crippen molar-refractivity contribution in [3.8, 4) is 11.5 Å². The van der Waals surface area contributed by atoms with E-state index in [-0.39, 0.29) is 36.5 Å². The molecule has 0 amide bonds. The number of esters is 2. The van der Waals surface area contributed by atoms with Gasteiger partial charge in [-0.05, 0) is 36.4 Å². The van der Waals surface area contributed by atoms with Gasteiger partial charge in [0.15, 0.2) is 13.2 Å². The molecule has 3 rings (SSSR count). The van der Waals surface area contributed by atoms with Gasteiger partial charge in [-0.25, -0.2) is 9.59 Å². The zero-order valence-electron chi connectivity index (χ0n) is 16.7. The summed E-state index contributed by atoms with van der Waals surface area (Å²) < 4.78 is 19.7. The smallest absolute Gasteiger partial charge is 0.344 e. The van der Waals surface area contributed by atoms with Crippen LogP contribution in [0.4, 0.5) is 0 Å². The topological polar surface area (TPSA) is 71.1 Å². The summed E-state index contributed by atoms with van der Waals surface area (Å²) in [6, 6.07) is 9.21. The number of hydrogen-bond acceptors (Lipinski definition) is 6. The van der Waals surface area contributed by atoms with E-state index in [0.717, 1.165) is 0 Å². The average Bonchev–Trinajstić information content (AvgIpc) is 3.28. The summed E-state index contributed by atoms with van der Waals surface area (Å²) in [7, 11) is 0. The van der Waals surface area contributed by atoms with Crippen molar-refractivity contribution in [2.75, 3.05) is 26.4 Å². The van der Waals surface area contributed by atoms with Crippen LogP contribution in [0.2, 0.25) is 20.1 Å². The number of rotatable bonds is 10. The number of ether oxygens (including phenoxy) is 4. The third-order valence-corrected chi connectivity index (χ3v) is 6.87. The van der Waals surface area contributed by atoms with Crippen LogP contribution in [-0.2, 0) is 19.1 Å². The summed E-state index contributed by atoms with van der Waals surface area (Å²) in [5, 5.41) is 1.41. The first-order chi connectivity index (χ1) is 15.6. The zero-order chi connectivity index (χ0) is 24.2. The summed E-state index contributed by atoms with van der Waals surface area (Å²) in [5.41, 5.74) is 0. The molecule has 6 nitrogen and oxygen atoms in total. The monoisotopic (exact) mass is 574 g/mol. The Bertz CT molecular complexity index is 951. The lowest BCUT2D eigenvalue weighted by Crippen LogP contribution is -2.18. The van der Waals surface area contributed by atoms with Gasteiger partial charge in [-0.2, -0.15) is 0 Å². The molecule has 12 heteroatoms. The Kier molecular flexibility index (Phi) is 9.12. The molecule has 2 atom stereocenters. The maximum Gasteiger partial charge on any atom is 0.344 e. The highest BCUT2D eigenvalue weighted by atomic mass is 35.5. The van der Waals surface area contributed by atoms with Gasteiger partial charge in [0.25, 0.3) is 0 Å². The highest BCUT2D eigenvalue weighted by Gasteiger charge is 2.64. The summed E-state index contributed by atoms with van der Waals surface area (Å²) in [6.07, 6.45) is 0. The average molecular weight is 577 g/mol. The molecular formula is C21H16Cl6O6. The molecule has 0 spiro atoms. The second-order valence-corrected chi connectivity index (χ2v) is 10.1. The molecule has 1 aliphatic carbocycles. The predicted octanol–water partition coefficient (Wildman–Crippen LogP) is 6.26. The maximum absolute atomic E-state index is 12.0. The largest absolute Gasteiger partial charge is 0.480 e. The van der Waals surface area contributed by atoms with Crippen molar-refractivity contribution in [1.82, 2.24) is 0 Å². The number of hydrogen-bond donors (Lipinski definition) is 0. The van der Waals surface area contributed by atoms with Crippen LogP contribution in [0, 0.1) is 11.8 Å². The molecule has 0 bridgehead atoms. The van der Waals surface area contributed by atoms with Crippen molar-refractivity contribution in [2.24, 2.45) is 11.8 Å². The number of carbonyl (C=O) groups is 2. The summed E-state index contributed by atoms with van der Waals surface area (Å²) >= 11 is 36.0. The van der Waals surface area contributed by atoms with E-state index in [0.29, 0.717) is 21.5 Å². The lowest BCUT2D eigenvalue weighted by atomic mass is 10.3. The van der Waals surface area contributed by atoms with Crippen LogP contribution in [0.3, 0.4) is 0 Å². The van der Waals surface area contributed by atoms with Gasteiger partial charge in [-0.1, -0.05) is 46.4 Å². The van der Waals surface area contributed by atoms with Gasteiger partial charge < -0.3 is 18.9 Å². The van der Waals surface area contributed by atoms with Crippen molar-refractivity contribution < 1.29 is 28.5 Å². The van der Waals surface area contributed by atoms with Gasteiger partial charge in [0.2, 0.25) is 0 Å². The Morgan fingerprint density at radius 3 is 1.48 bits per heavy atom. The molecule has 1 saturated carbocycles. The predicted molar refractivity (Wildman–Crippen MR) is 127 cm³/mol. The number of halogens is 6. The number of benzene rings is 2. The van der Waals surface area contributed by atoms with Gasteiger partial charge in [0.1, 0.15) is 15.8 Å². The van der Waals surface area contributed by atoms with E-state index in [1.54, 1.807) is 12.1 Å². The molecule has 0 aliphatic heterocycles. The van der Waals surface area contributed by atoms with Gasteiger partial charge >= 0.3 is 11.9 Å². The summed E-state index contributed by atoms with van der Waals surface area (Å²) in [6.45, 7) is -0.864. The van der Waals surface area contributed by atoms with E-state index in [4.69, 9.17) is 88.6 Å². The second kappa shape index (κ2) is 11.4. The lowest BCUT2D eigenvalue weighted by molar-refractivity contribution is -0.148. The molecule has 0 aromatic heterocycles. The zero-order valence-corrected chi connectivity index (χ0v) is 21.2. The Morgan fingerprint density at radius 2 is 1.12 bits per heavy atom. The van der Waals surface area contributed by atoms with Crippen molar-refractivity contribution >= 4 is 81.5 Å². The SMILES string of the molecule is O=C(COc1ccc(Cl)cc1Cl)OC[C@H]1[C@H](COC(=O)COc2ccc(Cl)cc2Cl)C1(Cl)Cl. The minimum absolute atomic E-state index is 0.0668. The van der Waals surface area contributed by atoms with Crippen molar-refractivity contribution in [3.63, 3.8) is 0 Å². The number of alkyl halides is 2. The van der Waals surface area contributed by atoms with Gasteiger partial charge in [0, 0.05) is 21.9 Å². The molecule has 0 saturated heterocycles.